The lowest BCUT2D eigenvalue weighted by Gasteiger charge is -2.40. The fourth-order valence-electron chi connectivity index (χ4n) is 4.11. The van der Waals surface area contributed by atoms with Crippen molar-refractivity contribution in [2.45, 2.75) is 31.7 Å². The van der Waals surface area contributed by atoms with Gasteiger partial charge in [-0.1, -0.05) is 24.6 Å². The number of nitro groups is 1. The summed E-state index contributed by atoms with van der Waals surface area (Å²) in [6, 6.07) is 12.9. The number of fused-ring (bicyclic) bond motifs is 1. The lowest BCUT2D eigenvalue weighted by molar-refractivity contribution is -0.384. The van der Waals surface area contributed by atoms with Crippen LogP contribution in [0.15, 0.2) is 48.5 Å². The smallest absolute Gasteiger partial charge is 0.269 e. The van der Waals surface area contributed by atoms with E-state index in [2.05, 4.69) is 4.90 Å². The molecule has 0 aromatic heterocycles. The molecule has 0 N–H and O–H groups in total. The lowest BCUT2D eigenvalue weighted by atomic mass is 9.92. The van der Waals surface area contributed by atoms with Gasteiger partial charge < -0.3 is 0 Å². The Morgan fingerprint density at radius 1 is 1.00 bits per heavy atom. The number of nitrogens with zero attached hydrogens (tertiary/aromatic N) is 3. The maximum absolute atomic E-state index is 13.1. The molecule has 0 radical (unpaired) electrons. The Bertz CT molecular complexity index is 920. The number of amides is 2. The zero-order valence-corrected chi connectivity index (χ0v) is 15.4. The number of carbonyl (C=O) groups is 2. The molecule has 2 amide bonds. The highest BCUT2D eigenvalue weighted by Gasteiger charge is 2.38. The summed E-state index contributed by atoms with van der Waals surface area (Å²) in [6.07, 6.45) is 3.72. The van der Waals surface area contributed by atoms with Crippen molar-refractivity contribution in [3.8, 4) is 0 Å². The van der Waals surface area contributed by atoms with Crippen LogP contribution in [0.4, 0.5) is 11.4 Å². The molecule has 2 heterocycles. The Kier molecular flexibility index (Phi) is 4.92. The fraction of sp³-hybridized carbons (Fsp3) is 0.333. The van der Waals surface area contributed by atoms with Gasteiger partial charge >= 0.3 is 0 Å². The van der Waals surface area contributed by atoms with Gasteiger partial charge in [0, 0.05) is 30.2 Å². The van der Waals surface area contributed by atoms with Crippen molar-refractivity contribution in [3.05, 3.63) is 69.8 Å². The minimum absolute atomic E-state index is 0.00934. The number of hydrogen-bond acceptors (Lipinski definition) is 5. The van der Waals surface area contributed by atoms with Gasteiger partial charge in [0.25, 0.3) is 11.6 Å². The topological polar surface area (TPSA) is 83.8 Å². The van der Waals surface area contributed by atoms with Crippen LogP contribution in [0.1, 0.15) is 47.6 Å². The monoisotopic (exact) mass is 379 g/mol. The molecule has 1 fully saturated rings. The van der Waals surface area contributed by atoms with Gasteiger partial charge in [-0.05, 0) is 49.7 Å². The first kappa shape index (κ1) is 18.3. The summed E-state index contributed by atoms with van der Waals surface area (Å²) < 4.78 is 0. The van der Waals surface area contributed by atoms with Gasteiger partial charge in [0.1, 0.15) is 0 Å². The number of rotatable bonds is 3. The average molecular weight is 379 g/mol. The van der Waals surface area contributed by atoms with Crippen LogP contribution in [0.2, 0.25) is 0 Å². The van der Waals surface area contributed by atoms with Crippen LogP contribution in [-0.4, -0.2) is 34.7 Å². The Morgan fingerprint density at radius 3 is 2.36 bits per heavy atom. The van der Waals surface area contributed by atoms with E-state index in [4.69, 9.17) is 0 Å². The van der Waals surface area contributed by atoms with Crippen molar-refractivity contribution in [1.29, 1.82) is 0 Å². The van der Waals surface area contributed by atoms with Crippen LogP contribution >= 0.6 is 0 Å². The van der Waals surface area contributed by atoms with Crippen LogP contribution in [0.25, 0.3) is 0 Å². The summed E-state index contributed by atoms with van der Waals surface area (Å²) in [7, 11) is 0. The molecule has 1 unspecified atom stereocenters. The molecule has 28 heavy (non-hydrogen) atoms. The molecule has 4 rings (SSSR count). The zero-order valence-electron chi connectivity index (χ0n) is 15.4. The van der Waals surface area contributed by atoms with E-state index in [0.29, 0.717) is 5.69 Å². The molecule has 2 aliphatic rings. The predicted molar refractivity (Wildman–Crippen MR) is 104 cm³/mol. The summed E-state index contributed by atoms with van der Waals surface area (Å²) in [5.74, 6) is -0.693. The maximum atomic E-state index is 13.1. The largest absolute Gasteiger partial charge is 0.296 e. The van der Waals surface area contributed by atoms with Gasteiger partial charge in [0.2, 0.25) is 5.91 Å². The minimum atomic E-state index is -0.515. The molecule has 2 aromatic rings. The third-order valence-corrected chi connectivity index (χ3v) is 5.51. The molecule has 1 saturated heterocycles. The third kappa shape index (κ3) is 3.29. The molecule has 0 spiro atoms. The molecule has 7 nitrogen and oxygen atoms in total. The second-order valence-corrected chi connectivity index (χ2v) is 7.21. The summed E-state index contributed by atoms with van der Waals surface area (Å²) in [5.41, 5.74) is 1.76. The first-order valence-electron chi connectivity index (χ1n) is 9.51. The zero-order chi connectivity index (χ0) is 19.7. The van der Waals surface area contributed by atoms with Crippen LogP contribution in [-0.2, 0) is 4.79 Å². The molecule has 1 atom stereocenters. The van der Waals surface area contributed by atoms with Crippen LogP contribution in [0, 0.1) is 10.1 Å². The van der Waals surface area contributed by atoms with E-state index in [1.54, 1.807) is 6.07 Å². The van der Waals surface area contributed by atoms with Crippen molar-refractivity contribution in [3.63, 3.8) is 0 Å². The lowest BCUT2D eigenvalue weighted by Crippen LogP contribution is -2.46. The first-order chi connectivity index (χ1) is 13.6. The Labute approximate surface area is 162 Å². The minimum Gasteiger partial charge on any atom is -0.296 e. The van der Waals surface area contributed by atoms with Gasteiger partial charge in [-0.15, -0.1) is 0 Å². The molecule has 2 aliphatic heterocycles. The number of para-hydroxylation sites is 1. The van der Waals surface area contributed by atoms with Crippen molar-refractivity contribution >= 4 is 23.2 Å². The normalized spacial score (nSPS) is 19.9. The van der Waals surface area contributed by atoms with Crippen molar-refractivity contribution in [1.82, 2.24) is 4.90 Å². The number of non-ortho nitro benzene ring substituents is 1. The van der Waals surface area contributed by atoms with Gasteiger partial charge in [0.15, 0.2) is 0 Å². The molecule has 2 aromatic carbocycles. The average Bonchev–Trinajstić information content (AvgIpc) is 2.73. The van der Waals surface area contributed by atoms with Crippen molar-refractivity contribution in [2.75, 3.05) is 18.0 Å². The highest BCUT2D eigenvalue weighted by Crippen LogP contribution is 2.39. The van der Waals surface area contributed by atoms with Crippen molar-refractivity contribution in [2.24, 2.45) is 0 Å². The summed E-state index contributed by atoms with van der Waals surface area (Å²) in [4.78, 5) is 39.9. The SMILES string of the molecule is O=C1CC(N2CCCCC2)c2ccccc2N1C(=O)c1ccc([N+](=O)[O-])cc1. The highest BCUT2D eigenvalue weighted by atomic mass is 16.6. The number of imide groups is 1. The quantitative estimate of drug-likeness (QED) is 0.461. The second kappa shape index (κ2) is 7.52. The number of benzene rings is 2. The van der Waals surface area contributed by atoms with E-state index in [-0.39, 0.29) is 29.6 Å². The predicted octanol–water partition coefficient (Wildman–Crippen LogP) is 3.70. The fourth-order valence-corrected chi connectivity index (χ4v) is 4.11. The number of hydrogen-bond donors (Lipinski definition) is 0. The van der Waals surface area contributed by atoms with Crippen LogP contribution < -0.4 is 4.90 Å². The molecule has 0 bridgehead atoms. The highest BCUT2D eigenvalue weighted by molar-refractivity contribution is 6.22. The van der Waals surface area contributed by atoms with E-state index < -0.39 is 10.8 Å². The second-order valence-electron chi connectivity index (χ2n) is 7.21. The number of likely N-dealkylation sites (tertiary alicyclic amines) is 1. The summed E-state index contributed by atoms with van der Waals surface area (Å²) in [6.45, 7) is 1.92. The number of carbonyl (C=O) groups excluding carboxylic acids is 2. The number of anilines is 1. The molecule has 144 valence electrons. The molecule has 7 heteroatoms. The van der Waals surface area contributed by atoms with Gasteiger partial charge in [-0.25, -0.2) is 4.90 Å². The Hall–Kier alpha value is -3.06. The molecule has 0 saturated carbocycles. The Balaban J connectivity index is 1.67. The van der Waals surface area contributed by atoms with E-state index in [1.165, 1.54) is 35.6 Å². The first-order valence-corrected chi connectivity index (χ1v) is 9.51. The summed E-state index contributed by atoms with van der Waals surface area (Å²) in [5, 5.41) is 10.8. The molecule has 0 aliphatic carbocycles. The van der Waals surface area contributed by atoms with Crippen LogP contribution in [0.3, 0.4) is 0 Å². The Morgan fingerprint density at radius 2 is 1.68 bits per heavy atom. The van der Waals surface area contributed by atoms with Gasteiger partial charge in [-0.3, -0.25) is 24.6 Å². The molecular formula is C21H21N3O4. The number of piperidine rings is 1. The molecular weight excluding hydrogens is 358 g/mol. The standard InChI is InChI=1S/C21H21N3O4/c25-20-14-19(22-12-4-1-5-13-22)17-6-2-3-7-18(17)23(20)21(26)15-8-10-16(11-9-15)24(27)28/h2-3,6-11,19H,1,4-5,12-14H2. The van der Waals surface area contributed by atoms with Gasteiger partial charge in [-0.2, -0.15) is 0 Å². The van der Waals surface area contributed by atoms with Crippen molar-refractivity contribution < 1.29 is 14.5 Å². The maximum Gasteiger partial charge on any atom is 0.269 e. The third-order valence-electron chi connectivity index (χ3n) is 5.51. The summed E-state index contributed by atoms with van der Waals surface area (Å²) >= 11 is 0. The van der Waals surface area contributed by atoms with E-state index in [9.17, 15) is 19.7 Å². The van der Waals surface area contributed by atoms with E-state index in [0.717, 1.165) is 31.5 Å². The van der Waals surface area contributed by atoms with Crippen LogP contribution in [0.5, 0.6) is 0 Å². The van der Waals surface area contributed by atoms with Gasteiger partial charge in [0.05, 0.1) is 10.6 Å². The van der Waals surface area contributed by atoms with E-state index >= 15 is 0 Å². The number of nitro benzene ring substituents is 1. The van der Waals surface area contributed by atoms with E-state index in [1.807, 2.05) is 18.2 Å².